The maximum absolute atomic E-state index is 8.53. The summed E-state index contributed by atoms with van der Waals surface area (Å²) < 4.78 is 16.4. The van der Waals surface area contributed by atoms with Crippen LogP contribution >= 0.6 is 0 Å². The van der Waals surface area contributed by atoms with Gasteiger partial charge in [-0.25, -0.2) is 0 Å². The number of rotatable bonds is 16. The fourth-order valence-corrected chi connectivity index (χ4v) is 2.00. The molecule has 0 spiro atoms. The van der Waals surface area contributed by atoms with Crippen molar-refractivity contribution < 1.29 is 19.3 Å². The Balaban J connectivity index is 3.40. The van der Waals surface area contributed by atoms with Crippen LogP contribution in [0.5, 0.6) is 0 Å². The Kier molecular flexibility index (Phi) is 16.8. The number of hydrogen-bond acceptors (Lipinski definition) is 4. The number of hydrogen-bond donors (Lipinski definition) is 1. The lowest BCUT2D eigenvalue weighted by molar-refractivity contribution is -0.0191. The highest BCUT2D eigenvalue weighted by molar-refractivity contribution is 4.60. The topological polar surface area (TPSA) is 47.9 Å². The molecule has 0 bridgehead atoms. The van der Waals surface area contributed by atoms with Crippen LogP contribution in [-0.4, -0.2) is 50.9 Å². The van der Waals surface area contributed by atoms with Crippen molar-refractivity contribution in [2.45, 2.75) is 58.0 Å². The molecule has 0 saturated carbocycles. The van der Waals surface area contributed by atoms with Gasteiger partial charge in [0.15, 0.2) is 0 Å². The molecule has 4 nitrogen and oxygen atoms in total. The molecule has 1 unspecified atom stereocenters. The molecule has 0 amide bonds. The average molecular weight is 289 g/mol. The molecular weight excluding hydrogens is 256 g/mol. The van der Waals surface area contributed by atoms with Gasteiger partial charge in [-0.2, -0.15) is 0 Å². The standard InChI is InChI=1S/C16H33O4/c1-3-5-6-7-9-16(8-4-2)20-15-14-19-13-12-18-11-10-17/h16-17H,2-15H2,1H3. The first-order valence-electron chi connectivity index (χ1n) is 8.02. The molecule has 0 rings (SSSR count). The van der Waals surface area contributed by atoms with Crippen molar-refractivity contribution >= 4 is 0 Å². The smallest absolute Gasteiger partial charge is 0.0704 e. The van der Waals surface area contributed by atoms with E-state index < -0.39 is 0 Å². The van der Waals surface area contributed by atoms with Crippen LogP contribution < -0.4 is 0 Å². The number of unbranched alkanes of at least 4 members (excludes halogenated alkanes) is 3. The van der Waals surface area contributed by atoms with E-state index in [1.165, 1.54) is 25.7 Å². The molecular formula is C16H33O4. The second kappa shape index (κ2) is 16.9. The molecule has 20 heavy (non-hydrogen) atoms. The van der Waals surface area contributed by atoms with Gasteiger partial charge < -0.3 is 19.3 Å². The van der Waals surface area contributed by atoms with Crippen molar-refractivity contribution in [1.29, 1.82) is 0 Å². The van der Waals surface area contributed by atoms with Gasteiger partial charge in [0.25, 0.3) is 0 Å². The van der Waals surface area contributed by atoms with Gasteiger partial charge in [-0.15, -0.1) is 0 Å². The molecule has 0 aromatic heterocycles. The predicted molar refractivity (Wildman–Crippen MR) is 81.8 cm³/mol. The van der Waals surface area contributed by atoms with E-state index in [1.807, 2.05) is 0 Å². The Morgan fingerprint density at radius 3 is 2.25 bits per heavy atom. The minimum atomic E-state index is 0.0634. The van der Waals surface area contributed by atoms with Crippen molar-refractivity contribution in [3.05, 3.63) is 6.92 Å². The maximum Gasteiger partial charge on any atom is 0.0704 e. The van der Waals surface area contributed by atoms with E-state index in [0.717, 1.165) is 19.3 Å². The monoisotopic (exact) mass is 289 g/mol. The second-order valence-corrected chi connectivity index (χ2v) is 4.93. The fraction of sp³-hybridized carbons (Fsp3) is 0.938. The Morgan fingerprint density at radius 2 is 1.60 bits per heavy atom. The van der Waals surface area contributed by atoms with Crippen LogP contribution in [0.15, 0.2) is 0 Å². The van der Waals surface area contributed by atoms with Gasteiger partial charge in [0, 0.05) is 0 Å². The van der Waals surface area contributed by atoms with E-state index in [4.69, 9.17) is 19.3 Å². The molecule has 0 aliphatic heterocycles. The van der Waals surface area contributed by atoms with E-state index in [-0.39, 0.29) is 6.61 Å². The van der Waals surface area contributed by atoms with Crippen molar-refractivity contribution in [2.75, 3.05) is 39.6 Å². The molecule has 1 N–H and O–H groups in total. The van der Waals surface area contributed by atoms with Crippen LogP contribution in [0.1, 0.15) is 51.9 Å². The van der Waals surface area contributed by atoms with Gasteiger partial charge in [-0.1, -0.05) is 46.0 Å². The molecule has 0 aliphatic rings. The first-order chi connectivity index (χ1) is 9.85. The zero-order valence-electron chi connectivity index (χ0n) is 13.1. The molecule has 4 heteroatoms. The molecule has 0 saturated heterocycles. The Hall–Kier alpha value is -0.160. The van der Waals surface area contributed by atoms with Gasteiger partial charge in [0.05, 0.1) is 45.7 Å². The van der Waals surface area contributed by atoms with Crippen molar-refractivity contribution in [3.8, 4) is 0 Å². The lowest BCUT2D eigenvalue weighted by Gasteiger charge is -2.17. The van der Waals surface area contributed by atoms with Crippen molar-refractivity contribution in [3.63, 3.8) is 0 Å². The van der Waals surface area contributed by atoms with E-state index in [1.54, 1.807) is 0 Å². The molecule has 0 aromatic carbocycles. The number of ether oxygens (including phenoxy) is 3. The highest BCUT2D eigenvalue weighted by atomic mass is 16.5. The zero-order valence-corrected chi connectivity index (χ0v) is 13.1. The molecule has 0 aromatic rings. The maximum atomic E-state index is 8.53. The Bertz CT molecular complexity index is 176. The summed E-state index contributed by atoms with van der Waals surface area (Å²) in [6.07, 6.45) is 8.55. The summed E-state index contributed by atoms with van der Waals surface area (Å²) in [7, 11) is 0. The van der Waals surface area contributed by atoms with Crippen LogP contribution in [0.25, 0.3) is 0 Å². The van der Waals surface area contributed by atoms with Crippen LogP contribution in [-0.2, 0) is 14.2 Å². The summed E-state index contributed by atoms with van der Waals surface area (Å²) in [5.74, 6) is 0. The van der Waals surface area contributed by atoms with Crippen LogP contribution in [0.4, 0.5) is 0 Å². The minimum Gasteiger partial charge on any atom is -0.394 e. The number of aliphatic hydroxyl groups excluding tert-OH is 1. The summed E-state index contributed by atoms with van der Waals surface area (Å²) >= 11 is 0. The summed E-state index contributed by atoms with van der Waals surface area (Å²) in [4.78, 5) is 0. The lowest BCUT2D eigenvalue weighted by atomic mass is 10.1. The molecule has 1 radical (unpaired) electrons. The normalized spacial score (nSPS) is 12.8. The predicted octanol–water partition coefficient (Wildman–Crippen LogP) is 2.98. The molecule has 121 valence electrons. The zero-order chi connectivity index (χ0) is 14.9. The summed E-state index contributed by atoms with van der Waals surface area (Å²) in [5.41, 5.74) is 0. The third kappa shape index (κ3) is 14.3. The minimum absolute atomic E-state index is 0.0634. The van der Waals surface area contributed by atoms with Crippen LogP contribution in [0.3, 0.4) is 0 Å². The van der Waals surface area contributed by atoms with Gasteiger partial charge >= 0.3 is 0 Å². The largest absolute Gasteiger partial charge is 0.394 e. The lowest BCUT2D eigenvalue weighted by Crippen LogP contribution is -2.17. The summed E-state index contributed by atoms with van der Waals surface area (Å²) in [6.45, 7) is 8.90. The van der Waals surface area contributed by atoms with Crippen LogP contribution in [0, 0.1) is 6.92 Å². The molecule has 1 atom stereocenters. The number of aliphatic hydroxyl groups is 1. The fourth-order valence-electron chi connectivity index (χ4n) is 2.00. The van der Waals surface area contributed by atoms with E-state index in [0.29, 0.717) is 39.1 Å². The summed E-state index contributed by atoms with van der Waals surface area (Å²) in [6, 6.07) is 0. The second-order valence-electron chi connectivity index (χ2n) is 4.93. The van der Waals surface area contributed by atoms with Crippen LogP contribution in [0.2, 0.25) is 0 Å². The van der Waals surface area contributed by atoms with Gasteiger partial charge in [0.1, 0.15) is 0 Å². The highest BCUT2D eigenvalue weighted by Gasteiger charge is 2.07. The van der Waals surface area contributed by atoms with E-state index in [9.17, 15) is 0 Å². The third-order valence-corrected chi connectivity index (χ3v) is 3.09. The van der Waals surface area contributed by atoms with Gasteiger partial charge in [-0.05, 0) is 12.8 Å². The quantitative estimate of drug-likeness (QED) is 0.444. The average Bonchev–Trinajstić information content (AvgIpc) is 2.46. The SMILES string of the molecule is [CH2]CCC(CCCCCC)OCCOCCOCCO. The first-order valence-corrected chi connectivity index (χ1v) is 8.02. The third-order valence-electron chi connectivity index (χ3n) is 3.09. The summed E-state index contributed by atoms with van der Waals surface area (Å²) in [5, 5.41) is 8.53. The first kappa shape index (κ1) is 19.8. The van der Waals surface area contributed by atoms with E-state index in [2.05, 4.69) is 13.8 Å². The van der Waals surface area contributed by atoms with Gasteiger partial charge in [0.2, 0.25) is 0 Å². The Morgan fingerprint density at radius 1 is 0.900 bits per heavy atom. The molecule has 0 aliphatic carbocycles. The van der Waals surface area contributed by atoms with E-state index >= 15 is 0 Å². The van der Waals surface area contributed by atoms with Crippen molar-refractivity contribution in [1.82, 2.24) is 0 Å². The van der Waals surface area contributed by atoms with Gasteiger partial charge in [-0.3, -0.25) is 0 Å². The highest BCUT2D eigenvalue weighted by Crippen LogP contribution is 2.12. The van der Waals surface area contributed by atoms with Crippen molar-refractivity contribution in [2.24, 2.45) is 0 Å². The Labute approximate surface area is 124 Å². The molecule has 0 heterocycles. The molecule has 0 fully saturated rings.